The van der Waals surface area contributed by atoms with E-state index in [0.29, 0.717) is 12.2 Å². The molecule has 0 radical (unpaired) electrons. The van der Waals surface area contributed by atoms with Crippen LogP contribution < -0.4 is 16.0 Å². The summed E-state index contributed by atoms with van der Waals surface area (Å²) in [6.45, 7) is 14.0. The molecule has 1 rings (SSSR count). The number of allylic oxidation sites excluding steroid dienone is 1. The fourth-order valence-electron chi connectivity index (χ4n) is 2.23. The lowest BCUT2D eigenvalue weighted by Gasteiger charge is -2.19. The predicted molar refractivity (Wildman–Crippen MR) is 119 cm³/mol. The molecule has 0 aliphatic carbocycles. The van der Waals surface area contributed by atoms with Gasteiger partial charge in [0.25, 0.3) is 0 Å². The number of anilines is 1. The highest BCUT2D eigenvalue weighted by Crippen LogP contribution is 2.23. The Kier molecular flexibility index (Phi) is 9.08. The smallest absolute Gasteiger partial charge is 0.407 e. The van der Waals surface area contributed by atoms with Crippen molar-refractivity contribution in [1.82, 2.24) is 10.6 Å². The summed E-state index contributed by atoms with van der Waals surface area (Å²) in [6.07, 6.45) is 1.18. The Morgan fingerprint density at radius 2 is 1.70 bits per heavy atom. The lowest BCUT2D eigenvalue weighted by atomic mass is 9.87. The summed E-state index contributed by atoms with van der Waals surface area (Å²) in [6, 6.07) is 7.26. The van der Waals surface area contributed by atoms with Crippen LogP contribution in [0.5, 0.6) is 0 Å². The lowest BCUT2D eigenvalue weighted by Crippen LogP contribution is -2.34. The number of alkyl carbamates (subject to hydrolysis) is 1. The first-order valence-corrected chi connectivity index (χ1v) is 10.1. The van der Waals surface area contributed by atoms with Crippen molar-refractivity contribution >= 4 is 23.6 Å². The van der Waals surface area contributed by atoms with Gasteiger partial charge in [-0.2, -0.15) is 0 Å². The minimum atomic E-state index is -0.580. The number of amides is 3. The third-order valence-electron chi connectivity index (χ3n) is 4.23. The highest BCUT2D eigenvalue weighted by Gasteiger charge is 2.16. The van der Waals surface area contributed by atoms with Crippen LogP contribution in [0, 0.1) is 5.41 Å². The molecule has 0 heterocycles. The lowest BCUT2D eigenvalue weighted by molar-refractivity contribution is -0.117. The molecule has 1 aromatic rings. The molecule has 0 aromatic heterocycles. The first kappa shape index (κ1) is 25.2. The summed E-state index contributed by atoms with van der Waals surface area (Å²) in [5.74, 6) is -0.374. The molecule has 0 spiro atoms. The number of ether oxygens (including phenoxy) is 1. The van der Waals surface area contributed by atoms with Crippen LogP contribution in [0.3, 0.4) is 0 Å². The Balaban J connectivity index is 2.49. The zero-order chi connectivity index (χ0) is 22.9. The van der Waals surface area contributed by atoms with E-state index in [9.17, 15) is 14.4 Å². The van der Waals surface area contributed by atoms with E-state index in [1.165, 1.54) is 0 Å². The maximum Gasteiger partial charge on any atom is 0.407 e. The van der Waals surface area contributed by atoms with Crippen LogP contribution in [0.25, 0.3) is 0 Å². The van der Waals surface area contributed by atoms with Crippen molar-refractivity contribution in [3.63, 3.8) is 0 Å². The van der Waals surface area contributed by atoms with Crippen LogP contribution in [0.4, 0.5) is 10.5 Å². The van der Waals surface area contributed by atoms with Gasteiger partial charge >= 0.3 is 6.09 Å². The van der Waals surface area contributed by atoms with Gasteiger partial charge in [-0.25, -0.2) is 4.79 Å². The predicted octanol–water partition coefficient (Wildman–Crippen LogP) is 4.15. The van der Waals surface area contributed by atoms with Gasteiger partial charge in [-0.3, -0.25) is 9.59 Å². The van der Waals surface area contributed by atoms with E-state index in [4.69, 9.17) is 4.74 Å². The van der Waals surface area contributed by atoms with Crippen molar-refractivity contribution in [2.24, 2.45) is 5.41 Å². The van der Waals surface area contributed by atoms with Gasteiger partial charge in [0.2, 0.25) is 11.8 Å². The van der Waals surface area contributed by atoms with Crippen LogP contribution in [0.1, 0.15) is 60.5 Å². The second-order valence-corrected chi connectivity index (χ2v) is 9.22. The van der Waals surface area contributed by atoms with Crippen molar-refractivity contribution in [3.8, 4) is 0 Å². The monoisotopic (exact) mass is 417 g/mol. The maximum atomic E-state index is 12.1. The van der Waals surface area contributed by atoms with Gasteiger partial charge in [0.1, 0.15) is 5.60 Å². The third-order valence-corrected chi connectivity index (χ3v) is 4.23. The van der Waals surface area contributed by atoms with E-state index in [1.807, 2.05) is 19.1 Å². The minimum Gasteiger partial charge on any atom is -0.444 e. The first-order valence-electron chi connectivity index (χ1n) is 10.1. The van der Waals surface area contributed by atoms with Gasteiger partial charge in [-0.05, 0) is 50.8 Å². The molecular weight excluding hydrogens is 382 g/mol. The van der Waals surface area contributed by atoms with E-state index in [-0.39, 0.29) is 30.2 Å². The number of hydrogen-bond acceptors (Lipinski definition) is 4. The first-order chi connectivity index (χ1) is 13.8. The molecule has 0 saturated heterocycles. The maximum absolute atomic E-state index is 12.1. The average molecular weight is 418 g/mol. The zero-order valence-electron chi connectivity index (χ0n) is 19.1. The fraction of sp³-hybridized carbons (Fsp3) is 0.522. The van der Waals surface area contributed by atoms with Gasteiger partial charge in [0.15, 0.2) is 0 Å². The standard InChI is InChI=1S/C23H35N3O4/c1-16(22(2,3)4)13-20(28)25-15-17-9-8-10-18(14-17)26-19(27)11-12-24-21(29)30-23(5,6)7/h8-10,13-14H,11-12,15H2,1-7H3,(H,24,29)(H,25,28)(H,26,27)/b16-13+. The second kappa shape index (κ2) is 10.8. The molecule has 7 nitrogen and oxygen atoms in total. The number of nitrogens with one attached hydrogen (secondary N) is 3. The summed E-state index contributed by atoms with van der Waals surface area (Å²) in [5, 5.41) is 8.20. The number of carbonyl (C=O) groups is 3. The molecule has 166 valence electrons. The highest BCUT2D eigenvalue weighted by atomic mass is 16.6. The van der Waals surface area contributed by atoms with Crippen LogP contribution in [-0.2, 0) is 20.9 Å². The quantitative estimate of drug-likeness (QED) is 0.581. The molecule has 0 atom stereocenters. The topological polar surface area (TPSA) is 96.5 Å². The summed E-state index contributed by atoms with van der Waals surface area (Å²) in [4.78, 5) is 35.8. The van der Waals surface area contributed by atoms with Crippen LogP contribution in [-0.4, -0.2) is 30.1 Å². The minimum absolute atomic E-state index is 0.0557. The van der Waals surface area contributed by atoms with E-state index in [2.05, 4.69) is 36.7 Å². The Labute approximate surface area is 179 Å². The van der Waals surface area contributed by atoms with Crippen molar-refractivity contribution in [1.29, 1.82) is 0 Å². The zero-order valence-corrected chi connectivity index (χ0v) is 19.1. The van der Waals surface area contributed by atoms with Gasteiger partial charge in [0, 0.05) is 31.3 Å². The molecule has 0 aliphatic heterocycles. The second-order valence-electron chi connectivity index (χ2n) is 9.22. The average Bonchev–Trinajstić information content (AvgIpc) is 2.58. The molecule has 0 fully saturated rings. The van der Waals surface area contributed by atoms with Gasteiger partial charge in [0.05, 0.1) is 0 Å². The Hall–Kier alpha value is -2.83. The molecule has 0 unspecified atom stereocenters. The summed E-state index contributed by atoms with van der Waals surface area (Å²) in [5.41, 5.74) is 1.87. The fourth-order valence-corrected chi connectivity index (χ4v) is 2.23. The highest BCUT2D eigenvalue weighted by molar-refractivity contribution is 5.91. The van der Waals surface area contributed by atoms with Crippen LogP contribution in [0.15, 0.2) is 35.9 Å². The molecular formula is C23H35N3O4. The molecule has 0 bridgehead atoms. The summed E-state index contributed by atoms with van der Waals surface area (Å²) >= 11 is 0. The molecule has 3 N–H and O–H groups in total. The van der Waals surface area contributed by atoms with E-state index >= 15 is 0 Å². The van der Waals surface area contributed by atoms with Crippen molar-refractivity contribution in [3.05, 3.63) is 41.5 Å². The molecule has 0 saturated carbocycles. The number of rotatable bonds is 7. The SMILES string of the molecule is C/C(=C\C(=O)NCc1cccc(NC(=O)CCNC(=O)OC(C)(C)C)c1)C(C)(C)C. The molecule has 3 amide bonds. The summed E-state index contributed by atoms with van der Waals surface area (Å²) < 4.78 is 5.12. The van der Waals surface area contributed by atoms with Gasteiger partial charge in [-0.1, -0.05) is 38.5 Å². The number of carbonyl (C=O) groups excluding carboxylic acids is 3. The van der Waals surface area contributed by atoms with Gasteiger partial charge in [-0.15, -0.1) is 0 Å². The van der Waals surface area contributed by atoms with Crippen LogP contribution in [0.2, 0.25) is 0 Å². The van der Waals surface area contributed by atoms with Crippen molar-refractivity contribution in [2.75, 3.05) is 11.9 Å². The largest absolute Gasteiger partial charge is 0.444 e. The van der Waals surface area contributed by atoms with Crippen molar-refractivity contribution in [2.45, 2.75) is 67.0 Å². The number of benzene rings is 1. The van der Waals surface area contributed by atoms with Gasteiger partial charge < -0.3 is 20.7 Å². The summed E-state index contributed by atoms with van der Waals surface area (Å²) in [7, 11) is 0. The van der Waals surface area contributed by atoms with Crippen LogP contribution >= 0.6 is 0 Å². The van der Waals surface area contributed by atoms with E-state index in [0.717, 1.165) is 11.1 Å². The van der Waals surface area contributed by atoms with Crippen molar-refractivity contribution < 1.29 is 19.1 Å². The van der Waals surface area contributed by atoms with E-state index in [1.54, 1.807) is 39.0 Å². The Morgan fingerprint density at radius 1 is 1.03 bits per heavy atom. The normalized spacial score (nSPS) is 12.2. The molecule has 30 heavy (non-hydrogen) atoms. The molecule has 1 aromatic carbocycles. The Bertz CT molecular complexity index is 786. The van der Waals surface area contributed by atoms with E-state index < -0.39 is 11.7 Å². The molecule has 0 aliphatic rings. The molecule has 7 heteroatoms. The Morgan fingerprint density at radius 3 is 2.30 bits per heavy atom. The number of hydrogen-bond donors (Lipinski definition) is 3. The third kappa shape index (κ3) is 10.6.